The van der Waals surface area contributed by atoms with Crippen LogP contribution in [0.25, 0.3) is 0 Å². The van der Waals surface area contributed by atoms with Gasteiger partial charge in [0.25, 0.3) is 0 Å². The van der Waals surface area contributed by atoms with Crippen molar-refractivity contribution in [2.24, 2.45) is 4.99 Å². The normalized spacial score (nSPS) is 20.7. The van der Waals surface area contributed by atoms with Gasteiger partial charge in [0.15, 0.2) is 17.5 Å². The van der Waals surface area contributed by atoms with E-state index in [0.29, 0.717) is 29.8 Å². The molecule has 2 N–H and O–H groups in total. The summed E-state index contributed by atoms with van der Waals surface area (Å²) in [6, 6.07) is 5.14. The number of nitrogens with zero attached hydrogens (tertiary/aromatic N) is 2. The Hall–Kier alpha value is -2.15. The highest BCUT2D eigenvalue weighted by Crippen LogP contribution is 2.38. The first-order chi connectivity index (χ1) is 14.2. The highest BCUT2D eigenvalue weighted by Gasteiger charge is 2.30. The molecule has 29 heavy (non-hydrogen) atoms. The van der Waals surface area contributed by atoms with E-state index in [0.717, 1.165) is 30.7 Å². The summed E-state index contributed by atoms with van der Waals surface area (Å²) >= 11 is 0. The van der Waals surface area contributed by atoms with Gasteiger partial charge in [-0.25, -0.2) is 4.99 Å². The van der Waals surface area contributed by atoms with E-state index < -0.39 is 0 Å². The third-order valence-electron chi connectivity index (χ3n) is 5.89. The van der Waals surface area contributed by atoms with E-state index in [2.05, 4.69) is 22.5 Å². The number of methoxy groups -OCH3 is 3. The van der Waals surface area contributed by atoms with Gasteiger partial charge in [-0.1, -0.05) is 12.8 Å². The van der Waals surface area contributed by atoms with E-state index in [4.69, 9.17) is 19.2 Å². The second kappa shape index (κ2) is 10.6. The highest BCUT2D eigenvalue weighted by molar-refractivity contribution is 5.80. The van der Waals surface area contributed by atoms with Crippen molar-refractivity contribution in [3.63, 3.8) is 0 Å². The van der Waals surface area contributed by atoms with Gasteiger partial charge >= 0.3 is 0 Å². The molecule has 1 unspecified atom stereocenters. The summed E-state index contributed by atoms with van der Waals surface area (Å²) in [4.78, 5) is 7.46. The van der Waals surface area contributed by atoms with Gasteiger partial charge in [0.05, 0.1) is 27.9 Å². The first kappa shape index (κ1) is 21.6. The van der Waals surface area contributed by atoms with Crippen molar-refractivity contribution < 1.29 is 14.2 Å². The van der Waals surface area contributed by atoms with E-state index in [1.807, 2.05) is 12.1 Å². The molecule has 1 saturated heterocycles. The molecule has 1 atom stereocenters. The van der Waals surface area contributed by atoms with Gasteiger partial charge in [-0.05, 0) is 43.9 Å². The number of hydrogen-bond acceptors (Lipinski definition) is 5. The minimum Gasteiger partial charge on any atom is -0.493 e. The van der Waals surface area contributed by atoms with Crippen LogP contribution < -0.4 is 24.8 Å². The molecule has 0 aromatic heterocycles. The molecule has 162 valence electrons. The SMILES string of the molecule is CCNC(=NCc1cc(OC)c(OC)c(OC)c1)NC1CCN(C2CCCC2)C1. The lowest BCUT2D eigenvalue weighted by Gasteiger charge is -2.24. The maximum Gasteiger partial charge on any atom is 0.203 e. The molecule has 1 heterocycles. The maximum atomic E-state index is 5.45. The van der Waals surface area contributed by atoms with Gasteiger partial charge in [-0.15, -0.1) is 0 Å². The number of guanidine groups is 1. The average molecular weight is 405 g/mol. The van der Waals surface area contributed by atoms with Gasteiger partial charge in [-0.3, -0.25) is 4.90 Å². The Kier molecular flexibility index (Phi) is 7.86. The molecule has 1 saturated carbocycles. The Morgan fingerprint density at radius 2 is 1.76 bits per heavy atom. The minimum atomic E-state index is 0.452. The van der Waals surface area contributed by atoms with Crippen LogP contribution in [0, 0.1) is 0 Å². The fraction of sp³-hybridized carbons (Fsp3) is 0.682. The Morgan fingerprint density at radius 1 is 1.07 bits per heavy atom. The van der Waals surface area contributed by atoms with Crippen molar-refractivity contribution in [1.29, 1.82) is 0 Å². The first-order valence-electron chi connectivity index (χ1n) is 10.8. The topological polar surface area (TPSA) is 67.4 Å². The molecule has 1 aliphatic heterocycles. The maximum absolute atomic E-state index is 5.45. The molecule has 0 bridgehead atoms. The van der Waals surface area contributed by atoms with Crippen LogP contribution >= 0.6 is 0 Å². The van der Waals surface area contributed by atoms with Crippen LogP contribution in [0.1, 0.15) is 44.6 Å². The van der Waals surface area contributed by atoms with E-state index in [1.165, 1.54) is 38.6 Å². The zero-order valence-corrected chi connectivity index (χ0v) is 18.3. The summed E-state index contributed by atoms with van der Waals surface area (Å²) < 4.78 is 16.3. The van der Waals surface area contributed by atoms with Crippen LogP contribution in [0.15, 0.2) is 17.1 Å². The summed E-state index contributed by atoms with van der Waals surface area (Å²) in [7, 11) is 4.88. The van der Waals surface area contributed by atoms with Crippen LogP contribution in [-0.2, 0) is 6.54 Å². The summed E-state index contributed by atoms with van der Waals surface area (Å²) in [6.07, 6.45) is 6.67. The number of benzene rings is 1. The van der Waals surface area contributed by atoms with Crippen molar-refractivity contribution in [3.05, 3.63) is 17.7 Å². The zero-order valence-electron chi connectivity index (χ0n) is 18.3. The summed E-state index contributed by atoms with van der Waals surface area (Å²) in [5.41, 5.74) is 1.01. The molecule has 1 aromatic rings. The van der Waals surface area contributed by atoms with Crippen molar-refractivity contribution in [1.82, 2.24) is 15.5 Å². The van der Waals surface area contributed by atoms with Crippen molar-refractivity contribution in [2.75, 3.05) is 41.0 Å². The number of nitrogens with one attached hydrogen (secondary N) is 2. The van der Waals surface area contributed by atoms with Gasteiger partial charge in [-0.2, -0.15) is 0 Å². The zero-order chi connectivity index (χ0) is 20.6. The monoisotopic (exact) mass is 404 g/mol. The van der Waals surface area contributed by atoms with Crippen LogP contribution in [0.2, 0.25) is 0 Å². The average Bonchev–Trinajstić information content (AvgIpc) is 3.43. The van der Waals surface area contributed by atoms with Crippen LogP contribution in [0.3, 0.4) is 0 Å². The quantitative estimate of drug-likeness (QED) is 0.513. The Labute approximate surface area is 174 Å². The molecule has 1 aliphatic carbocycles. The predicted octanol–water partition coefficient (Wildman–Crippen LogP) is 2.78. The largest absolute Gasteiger partial charge is 0.493 e. The molecule has 3 rings (SSSR count). The third kappa shape index (κ3) is 5.47. The molecular formula is C22H36N4O3. The molecule has 0 spiro atoms. The lowest BCUT2D eigenvalue weighted by Crippen LogP contribution is -2.45. The summed E-state index contributed by atoms with van der Waals surface area (Å²) in [5, 5.41) is 7.01. The number of ether oxygens (including phenoxy) is 3. The van der Waals surface area contributed by atoms with E-state index in [-0.39, 0.29) is 0 Å². The van der Waals surface area contributed by atoms with Gasteiger partial charge < -0.3 is 24.8 Å². The second-order valence-electron chi connectivity index (χ2n) is 7.79. The van der Waals surface area contributed by atoms with E-state index in [9.17, 15) is 0 Å². The molecule has 7 heteroatoms. The number of hydrogen-bond donors (Lipinski definition) is 2. The number of likely N-dealkylation sites (tertiary alicyclic amines) is 1. The lowest BCUT2D eigenvalue weighted by atomic mass is 10.2. The fourth-order valence-corrected chi connectivity index (χ4v) is 4.42. The molecule has 0 radical (unpaired) electrons. The molecule has 2 fully saturated rings. The van der Waals surface area contributed by atoms with Gasteiger partial charge in [0, 0.05) is 31.7 Å². The lowest BCUT2D eigenvalue weighted by molar-refractivity contribution is 0.242. The van der Waals surface area contributed by atoms with E-state index >= 15 is 0 Å². The van der Waals surface area contributed by atoms with Crippen LogP contribution in [-0.4, -0.2) is 63.9 Å². The van der Waals surface area contributed by atoms with Crippen molar-refractivity contribution in [2.45, 2.75) is 57.7 Å². The molecule has 1 aromatic carbocycles. The molecular weight excluding hydrogens is 368 g/mol. The smallest absolute Gasteiger partial charge is 0.203 e. The summed E-state index contributed by atoms with van der Waals surface area (Å²) in [5.74, 6) is 2.77. The fourth-order valence-electron chi connectivity index (χ4n) is 4.42. The Morgan fingerprint density at radius 3 is 2.34 bits per heavy atom. The van der Waals surface area contributed by atoms with Crippen molar-refractivity contribution in [3.8, 4) is 17.2 Å². The minimum absolute atomic E-state index is 0.452. The van der Waals surface area contributed by atoms with E-state index in [1.54, 1.807) is 21.3 Å². The van der Waals surface area contributed by atoms with Crippen LogP contribution in [0.4, 0.5) is 0 Å². The van der Waals surface area contributed by atoms with Gasteiger partial charge in [0.2, 0.25) is 5.75 Å². The standard InChI is InChI=1S/C22H36N4O3/c1-5-23-22(25-17-10-11-26(15-17)18-8-6-7-9-18)24-14-16-12-19(27-2)21(29-4)20(13-16)28-3/h12-13,17-18H,5-11,14-15H2,1-4H3,(H2,23,24,25). The van der Waals surface area contributed by atoms with Crippen molar-refractivity contribution >= 4 is 5.96 Å². The Balaban J connectivity index is 1.65. The molecule has 0 amide bonds. The van der Waals surface area contributed by atoms with Gasteiger partial charge in [0.1, 0.15) is 0 Å². The Bertz CT molecular complexity index is 664. The third-order valence-corrected chi connectivity index (χ3v) is 5.89. The predicted molar refractivity (Wildman–Crippen MR) is 116 cm³/mol. The highest BCUT2D eigenvalue weighted by atomic mass is 16.5. The molecule has 7 nitrogen and oxygen atoms in total. The molecule has 2 aliphatic rings. The van der Waals surface area contributed by atoms with Crippen LogP contribution in [0.5, 0.6) is 17.2 Å². The number of aliphatic imine (C=N–C) groups is 1. The first-order valence-corrected chi connectivity index (χ1v) is 10.8. The second-order valence-corrected chi connectivity index (χ2v) is 7.79. The summed E-state index contributed by atoms with van der Waals surface area (Å²) in [6.45, 7) is 5.76. The number of rotatable bonds is 8.